The van der Waals surface area contributed by atoms with Gasteiger partial charge in [-0.05, 0) is 35.4 Å². The summed E-state index contributed by atoms with van der Waals surface area (Å²) in [5, 5.41) is 10.1. The molecule has 0 aliphatic carbocycles. The van der Waals surface area contributed by atoms with E-state index in [0.29, 0.717) is 28.7 Å². The number of carbonyl (C=O) groups excluding carboxylic acids is 1. The lowest BCUT2D eigenvalue weighted by Gasteiger charge is -2.41. The Balaban J connectivity index is 1.66. The average Bonchev–Trinajstić information content (AvgIpc) is 3.23. The second-order valence-electron chi connectivity index (χ2n) is 7.63. The van der Waals surface area contributed by atoms with Gasteiger partial charge in [-0.3, -0.25) is 9.59 Å². The number of benzene rings is 3. The molecule has 0 fully saturated rings. The van der Waals surface area contributed by atoms with Crippen LogP contribution >= 0.6 is 0 Å². The van der Waals surface area contributed by atoms with E-state index in [9.17, 15) is 23.5 Å². The summed E-state index contributed by atoms with van der Waals surface area (Å²) in [7, 11) is 0. The molecule has 8 heteroatoms. The monoisotopic (exact) mass is 437 g/mol. The number of fused-ring (bicyclic) bond motifs is 2. The van der Waals surface area contributed by atoms with Gasteiger partial charge in [-0.1, -0.05) is 30.3 Å². The molecule has 162 valence electrons. The number of amides is 1. The number of nitrogens with zero attached hydrogens (tertiary/aromatic N) is 1. The van der Waals surface area contributed by atoms with E-state index in [-0.39, 0.29) is 24.5 Å². The van der Waals surface area contributed by atoms with E-state index in [2.05, 4.69) is 0 Å². The highest BCUT2D eigenvalue weighted by atomic mass is 19.1. The zero-order valence-corrected chi connectivity index (χ0v) is 16.6. The maximum atomic E-state index is 14.9. The number of rotatable bonds is 4. The summed E-state index contributed by atoms with van der Waals surface area (Å²) in [5.41, 5.74) is 1.11. The van der Waals surface area contributed by atoms with Crippen molar-refractivity contribution in [1.29, 1.82) is 0 Å². The Bertz CT molecular complexity index is 1240. The second kappa shape index (κ2) is 7.64. The normalized spacial score (nSPS) is 19.1. The van der Waals surface area contributed by atoms with Gasteiger partial charge < -0.3 is 19.5 Å². The molecule has 0 saturated carbocycles. The average molecular weight is 437 g/mol. The van der Waals surface area contributed by atoms with Crippen molar-refractivity contribution in [3.05, 3.63) is 94.6 Å². The van der Waals surface area contributed by atoms with Crippen molar-refractivity contribution in [2.45, 2.75) is 18.5 Å². The molecular formula is C24H17F2NO5. The molecule has 0 bridgehead atoms. The topological polar surface area (TPSA) is 76.1 Å². The summed E-state index contributed by atoms with van der Waals surface area (Å²) < 4.78 is 39.2. The number of hydrogen-bond acceptors (Lipinski definition) is 4. The van der Waals surface area contributed by atoms with Crippen molar-refractivity contribution in [1.82, 2.24) is 4.90 Å². The van der Waals surface area contributed by atoms with Crippen LogP contribution in [0.5, 0.6) is 11.5 Å². The molecule has 32 heavy (non-hydrogen) atoms. The standard InChI is InChI=1S/C24H17F2NO5/c25-14-6-7-17(18(26)10-14)22-21(24(29)30)15-3-1-2-4-16(15)23(28)27(22)11-13-5-8-19-20(9-13)32-12-31-19/h1-10,21-22H,11-12H2,(H,29,30). The Labute approximate surface area is 181 Å². The summed E-state index contributed by atoms with van der Waals surface area (Å²) in [6, 6.07) is 13.3. The fourth-order valence-corrected chi connectivity index (χ4v) is 4.36. The van der Waals surface area contributed by atoms with Gasteiger partial charge in [0.1, 0.15) is 17.6 Å². The largest absolute Gasteiger partial charge is 0.481 e. The molecule has 2 heterocycles. The first kappa shape index (κ1) is 20.0. The lowest BCUT2D eigenvalue weighted by molar-refractivity contribution is -0.140. The number of carboxylic acids is 1. The van der Waals surface area contributed by atoms with Crippen LogP contribution in [0.15, 0.2) is 60.7 Å². The molecule has 1 amide bonds. The predicted octanol–water partition coefficient (Wildman–Crippen LogP) is 4.26. The molecule has 2 atom stereocenters. The number of hydrogen-bond donors (Lipinski definition) is 1. The number of halogens is 2. The van der Waals surface area contributed by atoms with Gasteiger partial charge in [-0.25, -0.2) is 8.78 Å². The van der Waals surface area contributed by atoms with E-state index < -0.39 is 35.5 Å². The third kappa shape index (κ3) is 3.24. The summed E-state index contributed by atoms with van der Waals surface area (Å²) in [4.78, 5) is 27.1. The summed E-state index contributed by atoms with van der Waals surface area (Å²) >= 11 is 0. The first-order valence-electron chi connectivity index (χ1n) is 9.90. The highest BCUT2D eigenvalue weighted by molar-refractivity contribution is 6.00. The Morgan fingerprint density at radius 2 is 1.78 bits per heavy atom. The minimum Gasteiger partial charge on any atom is -0.481 e. The molecule has 2 aliphatic rings. The van der Waals surface area contributed by atoms with Crippen molar-refractivity contribution < 1.29 is 33.0 Å². The zero-order valence-electron chi connectivity index (χ0n) is 16.6. The highest BCUT2D eigenvalue weighted by Gasteiger charge is 2.45. The fraction of sp³-hybridized carbons (Fsp3) is 0.167. The Kier molecular flexibility index (Phi) is 4.77. The lowest BCUT2D eigenvalue weighted by Crippen LogP contribution is -2.44. The third-order valence-electron chi connectivity index (χ3n) is 5.78. The van der Waals surface area contributed by atoms with Gasteiger partial charge in [-0.2, -0.15) is 0 Å². The number of aliphatic carboxylic acids is 1. The Hall–Kier alpha value is -3.94. The third-order valence-corrected chi connectivity index (χ3v) is 5.78. The minimum absolute atomic E-state index is 0.00489. The number of carboxylic acid groups (broad SMARTS) is 1. The van der Waals surface area contributed by atoms with Crippen molar-refractivity contribution in [3.8, 4) is 11.5 Å². The maximum absolute atomic E-state index is 14.9. The van der Waals surface area contributed by atoms with E-state index >= 15 is 0 Å². The zero-order chi connectivity index (χ0) is 22.4. The van der Waals surface area contributed by atoms with Crippen LogP contribution in [-0.2, 0) is 11.3 Å². The van der Waals surface area contributed by atoms with Crippen LogP contribution in [0.1, 0.15) is 39.0 Å². The predicted molar refractivity (Wildman–Crippen MR) is 108 cm³/mol. The van der Waals surface area contributed by atoms with Crippen LogP contribution in [0.25, 0.3) is 0 Å². The molecule has 2 aliphatic heterocycles. The smallest absolute Gasteiger partial charge is 0.313 e. The Morgan fingerprint density at radius 3 is 2.56 bits per heavy atom. The molecule has 0 radical (unpaired) electrons. The van der Waals surface area contributed by atoms with Gasteiger partial charge in [0.15, 0.2) is 11.5 Å². The van der Waals surface area contributed by atoms with Crippen LogP contribution in [-0.4, -0.2) is 28.7 Å². The highest BCUT2D eigenvalue weighted by Crippen LogP contribution is 2.45. The minimum atomic E-state index is -1.24. The van der Waals surface area contributed by atoms with Gasteiger partial charge in [-0.15, -0.1) is 0 Å². The van der Waals surface area contributed by atoms with Crippen molar-refractivity contribution in [3.63, 3.8) is 0 Å². The van der Waals surface area contributed by atoms with Gasteiger partial charge in [0.05, 0.1) is 6.04 Å². The molecule has 1 N–H and O–H groups in total. The van der Waals surface area contributed by atoms with Crippen LogP contribution in [0.3, 0.4) is 0 Å². The van der Waals surface area contributed by atoms with Gasteiger partial charge >= 0.3 is 5.97 Å². The summed E-state index contributed by atoms with van der Waals surface area (Å²) in [6.45, 7) is 0.0778. The molecule has 0 spiro atoms. The van der Waals surface area contributed by atoms with Crippen LogP contribution < -0.4 is 9.47 Å². The number of carbonyl (C=O) groups is 2. The first-order valence-corrected chi connectivity index (χ1v) is 9.90. The summed E-state index contributed by atoms with van der Waals surface area (Å²) in [5.74, 6) is -3.52. The van der Waals surface area contributed by atoms with Crippen LogP contribution in [0, 0.1) is 11.6 Å². The molecular weight excluding hydrogens is 420 g/mol. The van der Waals surface area contributed by atoms with Crippen LogP contribution in [0.2, 0.25) is 0 Å². The molecule has 3 aromatic carbocycles. The molecule has 5 rings (SSSR count). The van der Waals surface area contributed by atoms with Crippen molar-refractivity contribution in [2.75, 3.05) is 6.79 Å². The first-order chi connectivity index (χ1) is 15.4. The van der Waals surface area contributed by atoms with E-state index in [1.807, 2.05) is 0 Å². The van der Waals surface area contributed by atoms with E-state index in [0.717, 1.165) is 6.07 Å². The van der Waals surface area contributed by atoms with E-state index in [1.165, 1.54) is 11.0 Å². The second-order valence-corrected chi connectivity index (χ2v) is 7.63. The molecule has 3 aromatic rings. The summed E-state index contributed by atoms with van der Waals surface area (Å²) in [6.07, 6.45) is 0. The molecule has 2 unspecified atom stereocenters. The SMILES string of the molecule is O=C(O)C1c2ccccc2C(=O)N(Cc2ccc3c(c2)OCO3)C1c1ccc(F)cc1F. The van der Waals surface area contributed by atoms with E-state index in [1.54, 1.807) is 42.5 Å². The van der Waals surface area contributed by atoms with Crippen molar-refractivity contribution in [2.24, 2.45) is 0 Å². The van der Waals surface area contributed by atoms with Crippen molar-refractivity contribution >= 4 is 11.9 Å². The van der Waals surface area contributed by atoms with Gasteiger partial charge in [0, 0.05) is 23.7 Å². The van der Waals surface area contributed by atoms with Gasteiger partial charge in [0.25, 0.3) is 5.91 Å². The van der Waals surface area contributed by atoms with Gasteiger partial charge in [0.2, 0.25) is 6.79 Å². The van der Waals surface area contributed by atoms with E-state index in [4.69, 9.17) is 9.47 Å². The molecule has 6 nitrogen and oxygen atoms in total. The fourth-order valence-electron chi connectivity index (χ4n) is 4.36. The lowest BCUT2D eigenvalue weighted by atomic mass is 9.79. The van der Waals surface area contributed by atoms with Crippen LogP contribution in [0.4, 0.5) is 8.78 Å². The Morgan fingerprint density at radius 1 is 1.00 bits per heavy atom. The molecule has 0 saturated heterocycles. The molecule has 0 aromatic heterocycles. The maximum Gasteiger partial charge on any atom is 0.313 e. The number of ether oxygens (including phenoxy) is 2. The quantitative estimate of drug-likeness (QED) is 0.660.